The van der Waals surface area contributed by atoms with Crippen LogP contribution in [0.25, 0.3) is 10.8 Å². The maximum Gasteiger partial charge on any atom is 0.325 e. The summed E-state index contributed by atoms with van der Waals surface area (Å²) in [6.07, 6.45) is 0. The van der Waals surface area contributed by atoms with Crippen molar-refractivity contribution in [3.8, 4) is 0 Å². The molecule has 104 valence electrons. The lowest BCUT2D eigenvalue weighted by atomic mass is 10.1. The molecule has 2 N–H and O–H groups in total. The number of carbonyl (C=O) groups is 2. The first kappa shape index (κ1) is 15.0. The Morgan fingerprint density at radius 1 is 1.10 bits per heavy atom. The van der Waals surface area contributed by atoms with E-state index in [-0.39, 0.29) is 5.91 Å². The van der Waals surface area contributed by atoms with Gasteiger partial charge in [0.15, 0.2) is 0 Å². The van der Waals surface area contributed by atoms with E-state index in [0.29, 0.717) is 11.0 Å². The smallest absolute Gasteiger partial charge is 0.307 e. The Morgan fingerprint density at radius 3 is 2.55 bits per heavy atom. The van der Waals surface area contributed by atoms with Crippen molar-refractivity contribution >= 4 is 60.3 Å². The Hall–Kier alpha value is -1.40. The number of hydrogen-bond donors (Lipinski definition) is 2. The van der Waals surface area contributed by atoms with Crippen LogP contribution in [0.5, 0.6) is 0 Å². The first-order valence-corrected chi connectivity index (χ1v) is 7.95. The van der Waals surface area contributed by atoms with Crippen LogP contribution in [-0.2, 0) is 4.79 Å². The van der Waals surface area contributed by atoms with E-state index in [2.05, 4.69) is 42.5 Å². The zero-order valence-electron chi connectivity index (χ0n) is 10.4. The summed E-state index contributed by atoms with van der Waals surface area (Å²) < 4.78 is 0. The lowest BCUT2D eigenvalue weighted by Crippen LogP contribution is -2.39. The molecule has 0 saturated carbocycles. The number of imide groups is 1. The highest BCUT2D eigenvalue weighted by Crippen LogP contribution is 2.22. The fourth-order valence-corrected chi connectivity index (χ4v) is 2.16. The van der Waals surface area contributed by atoms with Crippen LogP contribution in [0.1, 0.15) is 0 Å². The number of carbonyl (C=O) groups excluding carboxylic acids is 2. The van der Waals surface area contributed by atoms with Crippen LogP contribution in [-0.4, -0.2) is 22.1 Å². The molecule has 0 aliphatic heterocycles. The number of amides is 3. The summed E-state index contributed by atoms with van der Waals surface area (Å²) in [5, 5.41) is 7.34. The van der Waals surface area contributed by atoms with Gasteiger partial charge in [-0.3, -0.25) is 10.1 Å². The number of anilines is 1. The van der Waals surface area contributed by atoms with Crippen molar-refractivity contribution in [2.24, 2.45) is 0 Å². The van der Waals surface area contributed by atoms with Crippen LogP contribution in [0, 0.1) is 0 Å². The fraction of sp³-hybridized carbons (Fsp3) is 0.143. The van der Waals surface area contributed by atoms with Crippen molar-refractivity contribution in [1.29, 1.82) is 0 Å². The highest BCUT2D eigenvalue weighted by atomic mass is 79.9. The molecule has 2 rings (SSSR count). The van der Waals surface area contributed by atoms with Crippen LogP contribution in [0.2, 0.25) is 0 Å². The zero-order chi connectivity index (χ0) is 14.5. The highest BCUT2D eigenvalue weighted by molar-refractivity contribution is 9.12. The maximum absolute atomic E-state index is 11.8. The first-order chi connectivity index (χ1) is 9.61. The highest BCUT2D eigenvalue weighted by Gasteiger charge is 2.16. The third-order valence-corrected chi connectivity index (χ3v) is 4.95. The Balaban J connectivity index is 2.12. The normalized spacial score (nSPS) is 11.9. The topological polar surface area (TPSA) is 58.2 Å². The number of alkyl halides is 2. The molecule has 2 aromatic rings. The number of urea groups is 1. The second-order valence-electron chi connectivity index (χ2n) is 4.09. The number of nitrogens with one attached hydrogen (secondary N) is 2. The predicted octanol–water partition coefficient (Wildman–Crippen LogP) is 3.65. The SMILES string of the molecule is O=C(NC(=O)C(Br)CBr)Nc1cccc2ccccc12. The summed E-state index contributed by atoms with van der Waals surface area (Å²) in [5.41, 5.74) is 0.665. The predicted molar refractivity (Wildman–Crippen MR) is 87.6 cm³/mol. The minimum Gasteiger partial charge on any atom is -0.307 e. The molecule has 0 radical (unpaired) electrons. The molecule has 0 fully saturated rings. The molecule has 4 nitrogen and oxygen atoms in total. The molecule has 0 saturated heterocycles. The van der Waals surface area contributed by atoms with E-state index >= 15 is 0 Å². The standard InChI is InChI=1S/C14H12Br2N2O2/c15-8-11(16)13(19)18-14(20)17-12-7-3-5-9-4-1-2-6-10(9)12/h1-7,11H,8H2,(H2,17,18,19,20). The lowest BCUT2D eigenvalue weighted by Gasteiger charge is -2.10. The van der Waals surface area contributed by atoms with Gasteiger partial charge in [-0.1, -0.05) is 68.3 Å². The van der Waals surface area contributed by atoms with E-state index in [9.17, 15) is 9.59 Å². The van der Waals surface area contributed by atoms with E-state index in [1.807, 2.05) is 36.4 Å². The average molecular weight is 400 g/mol. The van der Waals surface area contributed by atoms with Crippen molar-refractivity contribution in [1.82, 2.24) is 5.32 Å². The van der Waals surface area contributed by atoms with E-state index in [4.69, 9.17) is 0 Å². The summed E-state index contributed by atoms with van der Waals surface area (Å²) in [7, 11) is 0. The Kier molecular flexibility index (Phi) is 5.14. The van der Waals surface area contributed by atoms with Crippen LogP contribution < -0.4 is 10.6 Å². The van der Waals surface area contributed by atoms with Crippen molar-refractivity contribution in [2.45, 2.75) is 4.83 Å². The number of rotatable bonds is 3. The molecule has 3 amide bonds. The summed E-state index contributed by atoms with van der Waals surface area (Å²) in [6, 6.07) is 12.8. The molecule has 0 bridgehead atoms. The molecule has 0 aromatic heterocycles. The largest absolute Gasteiger partial charge is 0.325 e. The molecular formula is C14H12Br2N2O2. The molecule has 0 aliphatic carbocycles. The molecule has 6 heteroatoms. The number of hydrogen-bond acceptors (Lipinski definition) is 2. The zero-order valence-corrected chi connectivity index (χ0v) is 13.6. The van der Waals surface area contributed by atoms with Crippen LogP contribution in [0.15, 0.2) is 42.5 Å². The Bertz CT molecular complexity index is 641. The summed E-state index contributed by atoms with van der Waals surface area (Å²) in [5.74, 6) is -0.389. The van der Waals surface area contributed by atoms with Crippen molar-refractivity contribution in [2.75, 3.05) is 10.6 Å². The second kappa shape index (κ2) is 6.85. The maximum atomic E-state index is 11.8. The lowest BCUT2D eigenvalue weighted by molar-refractivity contribution is -0.118. The van der Waals surface area contributed by atoms with E-state index in [1.54, 1.807) is 6.07 Å². The van der Waals surface area contributed by atoms with Gasteiger partial charge in [-0.2, -0.15) is 0 Å². The van der Waals surface area contributed by atoms with Crippen LogP contribution >= 0.6 is 31.9 Å². The first-order valence-electron chi connectivity index (χ1n) is 5.91. The Labute approximate surface area is 133 Å². The Morgan fingerprint density at radius 2 is 1.80 bits per heavy atom. The van der Waals surface area contributed by atoms with Crippen molar-refractivity contribution in [3.63, 3.8) is 0 Å². The van der Waals surface area contributed by atoms with Gasteiger partial charge in [0, 0.05) is 10.7 Å². The molecule has 2 aromatic carbocycles. The molecule has 0 aliphatic rings. The van der Waals surface area contributed by atoms with Gasteiger partial charge in [0.1, 0.15) is 4.83 Å². The third-order valence-electron chi connectivity index (χ3n) is 2.69. The summed E-state index contributed by atoms with van der Waals surface area (Å²) >= 11 is 6.32. The van der Waals surface area contributed by atoms with Gasteiger partial charge in [0.2, 0.25) is 5.91 Å². The van der Waals surface area contributed by atoms with Crippen LogP contribution in [0.4, 0.5) is 10.5 Å². The molecule has 1 unspecified atom stereocenters. The van der Waals surface area contributed by atoms with Gasteiger partial charge in [-0.05, 0) is 11.5 Å². The summed E-state index contributed by atoms with van der Waals surface area (Å²) in [6.45, 7) is 0. The number of benzene rings is 2. The molecule has 20 heavy (non-hydrogen) atoms. The summed E-state index contributed by atoms with van der Waals surface area (Å²) in [4.78, 5) is 23.0. The van der Waals surface area contributed by atoms with Gasteiger partial charge in [0.25, 0.3) is 0 Å². The third kappa shape index (κ3) is 3.58. The fourth-order valence-electron chi connectivity index (χ4n) is 1.75. The molecular weight excluding hydrogens is 388 g/mol. The quantitative estimate of drug-likeness (QED) is 0.774. The van der Waals surface area contributed by atoms with Gasteiger partial charge in [0.05, 0.1) is 5.69 Å². The number of halogens is 2. The van der Waals surface area contributed by atoms with Crippen molar-refractivity contribution < 1.29 is 9.59 Å². The monoisotopic (exact) mass is 398 g/mol. The molecule has 1 atom stereocenters. The average Bonchev–Trinajstić information content (AvgIpc) is 2.46. The van der Waals surface area contributed by atoms with Gasteiger partial charge in [-0.25, -0.2) is 4.79 Å². The van der Waals surface area contributed by atoms with Gasteiger partial charge >= 0.3 is 6.03 Å². The second-order valence-corrected chi connectivity index (χ2v) is 5.84. The molecule has 0 heterocycles. The van der Waals surface area contributed by atoms with E-state index in [0.717, 1.165) is 10.8 Å². The number of fused-ring (bicyclic) bond motifs is 1. The minimum atomic E-state index is -0.545. The van der Waals surface area contributed by atoms with E-state index < -0.39 is 10.9 Å². The van der Waals surface area contributed by atoms with Gasteiger partial charge < -0.3 is 5.32 Å². The van der Waals surface area contributed by atoms with Crippen LogP contribution in [0.3, 0.4) is 0 Å². The minimum absolute atomic E-state index is 0.389. The van der Waals surface area contributed by atoms with E-state index in [1.165, 1.54) is 0 Å². The van der Waals surface area contributed by atoms with Crippen molar-refractivity contribution in [3.05, 3.63) is 42.5 Å². The van der Waals surface area contributed by atoms with Gasteiger partial charge in [-0.15, -0.1) is 0 Å². The molecule has 0 spiro atoms.